The van der Waals surface area contributed by atoms with Crippen LogP contribution >= 0.6 is 0 Å². The van der Waals surface area contributed by atoms with Gasteiger partial charge in [0.2, 0.25) is 6.79 Å². The molecule has 0 amide bonds. The number of aromatic nitrogens is 4. The topological polar surface area (TPSA) is 161 Å². The van der Waals surface area contributed by atoms with Gasteiger partial charge in [-0.15, -0.1) is 0 Å². The molecule has 0 spiro atoms. The summed E-state index contributed by atoms with van der Waals surface area (Å²) in [5, 5.41) is 25.2. The van der Waals surface area contributed by atoms with E-state index in [1.54, 1.807) is 18.2 Å². The number of hydrogen-bond acceptors (Lipinski definition) is 9. The molecule has 134 valence electrons. The number of nitrogens with zero attached hydrogens (tertiary/aromatic N) is 5. The molecule has 0 bridgehead atoms. The molecule has 11 nitrogen and oxygen atoms in total. The Bertz CT molecular complexity index is 1100. The van der Waals surface area contributed by atoms with Crippen LogP contribution in [0.3, 0.4) is 0 Å². The first-order chi connectivity index (χ1) is 13.0. The van der Waals surface area contributed by atoms with E-state index < -0.39 is 5.97 Å². The molecular weight excluding hydrogens is 354 g/mol. The summed E-state index contributed by atoms with van der Waals surface area (Å²) in [5.74, 6) is 0.0920. The smallest absolute Gasteiger partial charge is 0.341 e. The lowest BCUT2D eigenvalue weighted by atomic mass is 10.2. The second-order valence-electron chi connectivity index (χ2n) is 5.40. The number of nitrogens with one attached hydrogen (secondary N) is 1. The summed E-state index contributed by atoms with van der Waals surface area (Å²) in [5.41, 5.74) is 6.31. The molecule has 1 aliphatic heterocycles. The van der Waals surface area contributed by atoms with Crippen molar-refractivity contribution in [3.8, 4) is 23.5 Å². The average molecular weight is 365 g/mol. The predicted molar refractivity (Wildman–Crippen MR) is 91.1 cm³/mol. The molecule has 1 aliphatic rings. The summed E-state index contributed by atoms with van der Waals surface area (Å²) in [6.07, 6.45) is 1.09. The molecule has 3 heterocycles. The van der Waals surface area contributed by atoms with Gasteiger partial charge in [-0.1, -0.05) is 0 Å². The van der Waals surface area contributed by atoms with Crippen LogP contribution in [0.1, 0.15) is 16.1 Å². The summed E-state index contributed by atoms with van der Waals surface area (Å²) in [6.45, 7) is 0.152. The molecule has 0 fully saturated rings. The molecule has 0 saturated heterocycles. The van der Waals surface area contributed by atoms with Crippen molar-refractivity contribution in [3.05, 3.63) is 41.7 Å². The van der Waals surface area contributed by atoms with E-state index >= 15 is 0 Å². The van der Waals surface area contributed by atoms with Gasteiger partial charge in [0.1, 0.15) is 29.0 Å². The van der Waals surface area contributed by atoms with Crippen molar-refractivity contribution in [1.29, 1.82) is 5.26 Å². The first-order valence-electron chi connectivity index (χ1n) is 7.58. The number of carboxylic acid groups (broad SMARTS) is 1. The normalized spacial score (nSPS) is 11.8. The van der Waals surface area contributed by atoms with Crippen LogP contribution in [0.5, 0.6) is 11.5 Å². The molecule has 0 aliphatic carbocycles. The maximum Gasteiger partial charge on any atom is 0.341 e. The third-order valence-corrected chi connectivity index (χ3v) is 3.70. The highest BCUT2D eigenvalue weighted by atomic mass is 16.7. The van der Waals surface area contributed by atoms with Gasteiger partial charge in [0, 0.05) is 17.8 Å². The fourth-order valence-corrected chi connectivity index (χ4v) is 2.45. The zero-order valence-corrected chi connectivity index (χ0v) is 13.6. The Morgan fingerprint density at radius 1 is 1.30 bits per heavy atom. The Balaban J connectivity index is 1.71. The van der Waals surface area contributed by atoms with E-state index in [1.165, 1.54) is 6.07 Å². The zero-order valence-electron chi connectivity index (χ0n) is 13.6. The van der Waals surface area contributed by atoms with E-state index in [9.17, 15) is 10.1 Å². The molecule has 0 saturated carbocycles. The highest BCUT2D eigenvalue weighted by molar-refractivity contribution is 5.92. The third kappa shape index (κ3) is 2.91. The highest BCUT2D eigenvalue weighted by Gasteiger charge is 2.18. The fraction of sp³-hybridized carbons (Fsp3) is 0.0625. The first-order valence-corrected chi connectivity index (χ1v) is 7.58. The Labute approximate surface area is 151 Å². The Kier molecular flexibility index (Phi) is 3.70. The molecule has 2 aromatic heterocycles. The molecule has 11 heteroatoms. The first kappa shape index (κ1) is 16.2. The van der Waals surface area contributed by atoms with E-state index in [4.69, 9.17) is 20.3 Å². The number of nitriles is 1. The van der Waals surface area contributed by atoms with E-state index in [1.807, 2.05) is 6.07 Å². The van der Waals surface area contributed by atoms with Gasteiger partial charge in [-0.2, -0.15) is 25.0 Å². The van der Waals surface area contributed by atoms with Crippen LogP contribution in [0.4, 0.5) is 17.3 Å². The van der Waals surface area contributed by atoms with Crippen molar-refractivity contribution >= 4 is 23.3 Å². The standard InChI is InChI=1S/C16H11N7O4/c17-5-9-4-13(20-8-1-2-11-12(3-8)27-7-26-11)22-16(21-9)23-14(18)10(6-19-23)15(24)25/h1-4,6H,7,18H2,(H,24,25)(H,20,21,22). The maximum absolute atomic E-state index is 11.1. The van der Waals surface area contributed by atoms with Gasteiger partial charge in [0.15, 0.2) is 11.5 Å². The van der Waals surface area contributed by atoms with Crippen LogP contribution < -0.4 is 20.5 Å². The Hall–Kier alpha value is -4.33. The van der Waals surface area contributed by atoms with Crippen molar-refractivity contribution in [2.24, 2.45) is 0 Å². The number of aromatic carboxylic acids is 1. The number of fused-ring (bicyclic) bond motifs is 1. The van der Waals surface area contributed by atoms with Gasteiger partial charge in [-0.3, -0.25) is 0 Å². The molecule has 1 aromatic carbocycles. The number of anilines is 3. The Morgan fingerprint density at radius 3 is 2.85 bits per heavy atom. The van der Waals surface area contributed by atoms with Crippen molar-refractivity contribution in [2.75, 3.05) is 17.8 Å². The molecule has 3 aromatic rings. The molecule has 0 unspecified atom stereocenters. The molecule has 27 heavy (non-hydrogen) atoms. The summed E-state index contributed by atoms with van der Waals surface area (Å²) < 4.78 is 11.6. The fourth-order valence-electron chi connectivity index (χ4n) is 2.45. The lowest BCUT2D eigenvalue weighted by Crippen LogP contribution is -2.10. The van der Waals surface area contributed by atoms with Gasteiger partial charge in [-0.05, 0) is 12.1 Å². The molecule has 0 radical (unpaired) electrons. The van der Waals surface area contributed by atoms with Crippen LogP contribution in [-0.2, 0) is 0 Å². The number of rotatable bonds is 4. The number of nitrogens with two attached hydrogens (primary N) is 1. The lowest BCUT2D eigenvalue weighted by Gasteiger charge is -2.09. The van der Waals surface area contributed by atoms with Gasteiger partial charge in [0.25, 0.3) is 5.95 Å². The predicted octanol–water partition coefficient (Wildman–Crippen LogP) is 1.29. The van der Waals surface area contributed by atoms with E-state index in [0.29, 0.717) is 23.0 Å². The Morgan fingerprint density at radius 2 is 2.11 bits per heavy atom. The highest BCUT2D eigenvalue weighted by Crippen LogP contribution is 2.35. The molecular formula is C16H11N7O4. The summed E-state index contributed by atoms with van der Waals surface area (Å²) in [7, 11) is 0. The third-order valence-electron chi connectivity index (χ3n) is 3.70. The largest absolute Gasteiger partial charge is 0.477 e. The minimum absolute atomic E-state index is 0.0395. The minimum Gasteiger partial charge on any atom is -0.477 e. The lowest BCUT2D eigenvalue weighted by molar-refractivity contribution is 0.0698. The van der Waals surface area contributed by atoms with Gasteiger partial charge < -0.3 is 25.6 Å². The van der Waals surface area contributed by atoms with Crippen molar-refractivity contribution in [2.45, 2.75) is 0 Å². The maximum atomic E-state index is 11.1. The van der Waals surface area contributed by atoms with Crippen LogP contribution in [-0.4, -0.2) is 37.6 Å². The monoisotopic (exact) mass is 365 g/mol. The molecule has 0 atom stereocenters. The minimum atomic E-state index is -1.23. The number of carboxylic acids is 1. The van der Waals surface area contributed by atoms with Gasteiger partial charge in [0.05, 0.1) is 6.20 Å². The average Bonchev–Trinajstić information content (AvgIpc) is 3.27. The number of nitrogen functional groups attached to an aromatic ring is 1. The van der Waals surface area contributed by atoms with Crippen LogP contribution in [0.15, 0.2) is 30.5 Å². The quantitative estimate of drug-likeness (QED) is 0.614. The van der Waals surface area contributed by atoms with Crippen molar-refractivity contribution in [1.82, 2.24) is 19.7 Å². The second-order valence-corrected chi connectivity index (χ2v) is 5.40. The van der Waals surface area contributed by atoms with Crippen molar-refractivity contribution < 1.29 is 19.4 Å². The van der Waals surface area contributed by atoms with Crippen LogP contribution in [0.25, 0.3) is 5.95 Å². The summed E-state index contributed by atoms with van der Waals surface area (Å²) >= 11 is 0. The number of carbonyl (C=O) groups is 1. The number of benzene rings is 1. The summed E-state index contributed by atoms with van der Waals surface area (Å²) in [6, 6.07) is 8.57. The number of ether oxygens (including phenoxy) is 2. The summed E-state index contributed by atoms with van der Waals surface area (Å²) in [4.78, 5) is 19.4. The van der Waals surface area contributed by atoms with E-state index in [-0.39, 0.29) is 29.8 Å². The second kappa shape index (κ2) is 6.19. The van der Waals surface area contributed by atoms with Gasteiger partial charge in [-0.25, -0.2) is 4.79 Å². The number of hydrogen-bond donors (Lipinski definition) is 3. The van der Waals surface area contributed by atoms with Crippen molar-refractivity contribution in [3.63, 3.8) is 0 Å². The van der Waals surface area contributed by atoms with E-state index in [0.717, 1.165) is 10.9 Å². The van der Waals surface area contributed by atoms with Crippen LogP contribution in [0, 0.1) is 11.3 Å². The van der Waals surface area contributed by atoms with Gasteiger partial charge >= 0.3 is 5.97 Å². The SMILES string of the molecule is N#Cc1cc(Nc2ccc3c(c2)OCO3)nc(-n2ncc(C(=O)O)c2N)n1. The zero-order chi connectivity index (χ0) is 19.0. The molecule has 4 N–H and O–H groups in total. The van der Waals surface area contributed by atoms with Crippen LogP contribution in [0.2, 0.25) is 0 Å². The van der Waals surface area contributed by atoms with E-state index in [2.05, 4.69) is 20.4 Å². The molecule has 4 rings (SSSR count).